The van der Waals surface area contributed by atoms with E-state index in [2.05, 4.69) is 5.32 Å². The van der Waals surface area contributed by atoms with Crippen molar-refractivity contribution in [3.8, 4) is 0 Å². The van der Waals surface area contributed by atoms with Crippen LogP contribution in [0.2, 0.25) is 0 Å². The molecule has 3 nitrogen and oxygen atoms in total. The molecular formula is C19H20F3NO2S. The predicted octanol–water partition coefficient (Wildman–Crippen LogP) is 4.43. The molecule has 1 fully saturated rings. The summed E-state index contributed by atoms with van der Waals surface area (Å²) in [6.07, 6.45) is -1.96. The van der Waals surface area contributed by atoms with E-state index in [9.17, 15) is 23.1 Å². The van der Waals surface area contributed by atoms with Gasteiger partial charge in [-0.2, -0.15) is 13.2 Å². The molecule has 1 amide bonds. The van der Waals surface area contributed by atoms with Crippen LogP contribution in [0.5, 0.6) is 0 Å². The van der Waals surface area contributed by atoms with Crippen molar-refractivity contribution >= 4 is 17.2 Å². The Morgan fingerprint density at radius 2 is 1.85 bits per heavy atom. The van der Waals surface area contributed by atoms with Gasteiger partial charge < -0.3 is 10.4 Å². The number of nitrogens with one attached hydrogen (secondary N) is 1. The summed E-state index contributed by atoms with van der Waals surface area (Å²) in [7, 11) is 0. The second-order valence-corrected chi connectivity index (χ2v) is 7.56. The minimum Gasteiger partial charge on any atom is -0.387 e. The van der Waals surface area contributed by atoms with Gasteiger partial charge in [0.2, 0.25) is 5.91 Å². The Morgan fingerprint density at radius 3 is 2.38 bits per heavy atom. The molecule has 1 saturated carbocycles. The van der Waals surface area contributed by atoms with E-state index in [1.54, 1.807) is 11.3 Å². The molecule has 0 bridgehead atoms. The number of thiophene rings is 1. The predicted molar refractivity (Wildman–Crippen MR) is 93.9 cm³/mol. The average Bonchev–Trinajstić information content (AvgIpc) is 3.30. The third kappa shape index (κ3) is 3.78. The molecule has 1 aliphatic rings. The van der Waals surface area contributed by atoms with Gasteiger partial charge >= 0.3 is 6.18 Å². The normalized spacial score (nSPS) is 17.8. The fourth-order valence-corrected chi connectivity index (χ4v) is 4.47. The van der Waals surface area contributed by atoms with Crippen LogP contribution in [0.3, 0.4) is 0 Å². The fraction of sp³-hybridized carbons (Fsp3) is 0.421. The third-order valence-corrected chi connectivity index (χ3v) is 6.04. The molecule has 1 heterocycles. The topological polar surface area (TPSA) is 49.3 Å². The molecule has 1 aromatic carbocycles. The van der Waals surface area contributed by atoms with Gasteiger partial charge in [-0.25, -0.2) is 0 Å². The summed E-state index contributed by atoms with van der Waals surface area (Å²) >= 11 is 1.55. The molecule has 2 N–H and O–H groups in total. The minimum absolute atomic E-state index is 0.0304. The molecule has 2 aromatic rings. The van der Waals surface area contributed by atoms with E-state index < -0.39 is 23.3 Å². The highest BCUT2D eigenvalue weighted by atomic mass is 32.1. The van der Waals surface area contributed by atoms with Crippen molar-refractivity contribution in [1.29, 1.82) is 0 Å². The van der Waals surface area contributed by atoms with Crippen LogP contribution in [-0.2, 0) is 16.4 Å². The van der Waals surface area contributed by atoms with Crippen LogP contribution in [0.25, 0.3) is 0 Å². The summed E-state index contributed by atoms with van der Waals surface area (Å²) in [4.78, 5) is 13.8. The maximum absolute atomic E-state index is 12.8. The summed E-state index contributed by atoms with van der Waals surface area (Å²) in [6.45, 7) is -0.0304. The maximum atomic E-state index is 12.8. The molecule has 0 saturated heterocycles. The van der Waals surface area contributed by atoms with Gasteiger partial charge in [0.25, 0.3) is 0 Å². The molecule has 26 heavy (non-hydrogen) atoms. The van der Waals surface area contributed by atoms with Gasteiger partial charge in [0.1, 0.15) is 0 Å². The smallest absolute Gasteiger partial charge is 0.387 e. The number of rotatable bonds is 5. The van der Waals surface area contributed by atoms with E-state index >= 15 is 0 Å². The third-order valence-electron chi connectivity index (χ3n) is 4.96. The fourth-order valence-electron chi connectivity index (χ4n) is 3.49. The van der Waals surface area contributed by atoms with Crippen molar-refractivity contribution in [1.82, 2.24) is 5.32 Å². The van der Waals surface area contributed by atoms with Crippen LogP contribution in [0.4, 0.5) is 13.2 Å². The number of hydrogen-bond acceptors (Lipinski definition) is 3. The molecule has 0 spiro atoms. The largest absolute Gasteiger partial charge is 0.416 e. The Morgan fingerprint density at radius 1 is 1.19 bits per heavy atom. The molecule has 1 aliphatic carbocycles. The van der Waals surface area contributed by atoms with Crippen LogP contribution < -0.4 is 5.32 Å². The van der Waals surface area contributed by atoms with Crippen molar-refractivity contribution in [3.63, 3.8) is 0 Å². The number of hydrogen-bond donors (Lipinski definition) is 2. The zero-order chi connectivity index (χ0) is 18.8. The Kier molecular flexibility index (Phi) is 5.39. The number of aliphatic hydroxyl groups is 1. The standard InChI is InChI=1S/C19H20F3NO2S/c20-19(21,22)14-7-5-13(6-8-14)15(24)12-23-17(25)18(9-1-2-10-18)16-4-3-11-26-16/h3-8,11,15,24H,1-2,9-10,12H2,(H,23,25)/t15-/m0/s1. The van der Waals surface area contributed by atoms with Crippen molar-refractivity contribution in [2.75, 3.05) is 6.54 Å². The van der Waals surface area contributed by atoms with E-state index in [4.69, 9.17) is 0 Å². The van der Waals surface area contributed by atoms with Crippen LogP contribution in [0.1, 0.15) is 47.8 Å². The number of amides is 1. The highest BCUT2D eigenvalue weighted by Gasteiger charge is 2.43. The molecule has 3 rings (SSSR count). The molecule has 1 atom stereocenters. The Bertz CT molecular complexity index is 735. The highest BCUT2D eigenvalue weighted by Crippen LogP contribution is 2.43. The van der Waals surface area contributed by atoms with Crippen LogP contribution in [0.15, 0.2) is 41.8 Å². The summed E-state index contributed by atoms with van der Waals surface area (Å²) in [6, 6.07) is 8.23. The minimum atomic E-state index is -4.41. The highest BCUT2D eigenvalue weighted by molar-refractivity contribution is 7.10. The molecular weight excluding hydrogens is 363 g/mol. The number of aliphatic hydroxyl groups excluding tert-OH is 1. The number of carbonyl (C=O) groups excluding carboxylic acids is 1. The van der Waals surface area contributed by atoms with E-state index in [-0.39, 0.29) is 12.5 Å². The number of carbonyl (C=O) groups is 1. The van der Waals surface area contributed by atoms with Gasteiger partial charge in [-0.1, -0.05) is 31.0 Å². The van der Waals surface area contributed by atoms with Crippen molar-refractivity contribution in [2.24, 2.45) is 0 Å². The lowest BCUT2D eigenvalue weighted by Gasteiger charge is -2.27. The van der Waals surface area contributed by atoms with Crippen LogP contribution in [-0.4, -0.2) is 17.6 Å². The van der Waals surface area contributed by atoms with E-state index in [0.717, 1.165) is 42.7 Å². The van der Waals surface area contributed by atoms with Crippen LogP contribution >= 0.6 is 11.3 Å². The first kappa shape index (κ1) is 18.9. The first-order valence-corrected chi connectivity index (χ1v) is 9.38. The maximum Gasteiger partial charge on any atom is 0.416 e. The van der Waals surface area contributed by atoms with Crippen molar-refractivity contribution in [2.45, 2.75) is 43.4 Å². The van der Waals surface area contributed by atoms with Gasteiger partial charge in [0.15, 0.2) is 0 Å². The van der Waals surface area contributed by atoms with E-state index in [0.29, 0.717) is 5.56 Å². The molecule has 140 valence electrons. The SMILES string of the molecule is O=C(NC[C@H](O)c1ccc(C(F)(F)F)cc1)C1(c2cccs2)CCCC1. The summed E-state index contributed by atoms with van der Waals surface area (Å²) < 4.78 is 37.8. The molecule has 0 radical (unpaired) electrons. The van der Waals surface area contributed by atoms with Gasteiger partial charge in [-0.3, -0.25) is 4.79 Å². The molecule has 0 unspecified atom stereocenters. The second kappa shape index (κ2) is 7.40. The Labute approximate surface area is 153 Å². The lowest BCUT2D eigenvalue weighted by Crippen LogP contribution is -2.43. The number of halogens is 3. The quantitative estimate of drug-likeness (QED) is 0.803. The molecule has 1 aromatic heterocycles. The number of alkyl halides is 3. The average molecular weight is 383 g/mol. The molecule has 0 aliphatic heterocycles. The monoisotopic (exact) mass is 383 g/mol. The van der Waals surface area contributed by atoms with E-state index in [1.807, 2.05) is 17.5 Å². The van der Waals surface area contributed by atoms with Crippen LogP contribution in [0, 0.1) is 0 Å². The van der Waals surface area contributed by atoms with Gasteiger partial charge in [0, 0.05) is 11.4 Å². The lowest BCUT2D eigenvalue weighted by molar-refractivity contribution is -0.137. The van der Waals surface area contributed by atoms with Crippen molar-refractivity contribution in [3.05, 3.63) is 57.8 Å². The second-order valence-electron chi connectivity index (χ2n) is 6.61. The van der Waals surface area contributed by atoms with Crippen molar-refractivity contribution < 1.29 is 23.1 Å². The zero-order valence-electron chi connectivity index (χ0n) is 14.1. The summed E-state index contributed by atoms with van der Waals surface area (Å²) in [5, 5.41) is 15.0. The van der Waals surface area contributed by atoms with Gasteiger partial charge in [-0.15, -0.1) is 11.3 Å². The summed E-state index contributed by atoms with van der Waals surface area (Å²) in [5.41, 5.74) is -0.969. The van der Waals surface area contributed by atoms with E-state index in [1.165, 1.54) is 12.1 Å². The zero-order valence-corrected chi connectivity index (χ0v) is 14.9. The first-order valence-electron chi connectivity index (χ1n) is 8.50. The Hall–Kier alpha value is -1.86. The molecule has 7 heteroatoms. The lowest BCUT2D eigenvalue weighted by atomic mass is 9.83. The first-order chi connectivity index (χ1) is 12.3. The van der Waals surface area contributed by atoms with Gasteiger partial charge in [-0.05, 0) is 42.0 Å². The summed E-state index contributed by atoms with van der Waals surface area (Å²) in [5.74, 6) is -0.122. The van der Waals surface area contributed by atoms with Gasteiger partial charge in [0.05, 0.1) is 17.1 Å². The Balaban J connectivity index is 1.65. The number of benzene rings is 1.